The van der Waals surface area contributed by atoms with Gasteiger partial charge in [-0.05, 0) is 77.2 Å². The first-order valence-corrected chi connectivity index (χ1v) is 10.9. The van der Waals surface area contributed by atoms with E-state index in [-0.39, 0.29) is 16.4 Å². The topological polar surface area (TPSA) is 83.5 Å². The van der Waals surface area contributed by atoms with Gasteiger partial charge < -0.3 is 9.29 Å². The molecule has 0 aliphatic heterocycles. The lowest BCUT2D eigenvalue weighted by Gasteiger charge is -2.25. The van der Waals surface area contributed by atoms with E-state index in [4.69, 9.17) is 4.74 Å². The molecule has 0 aromatic heterocycles. The van der Waals surface area contributed by atoms with Crippen molar-refractivity contribution in [3.05, 3.63) is 57.2 Å². The number of carbonyl (C=O) groups excluding carboxylic acids is 1. The van der Waals surface area contributed by atoms with Gasteiger partial charge in [-0.25, -0.2) is 13.2 Å². The second kappa shape index (κ2) is 8.06. The molecule has 0 spiro atoms. The van der Waals surface area contributed by atoms with Crippen LogP contribution in [0.2, 0.25) is 0 Å². The molecule has 0 atom stereocenters. The van der Waals surface area contributed by atoms with Gasteiger partial charge in [0.05, 0.1) is 14.0 Å². The van der Waals surface area contributed by atoms with Crippen molar-refractivity contribution in [2.45, 2.75) is 42.9 Å². The summed E-state index contributed by atoms with van der Waals surface area (Å²) in [5, 5.41) is 0. The summed E-state index contributed by atoms with van der Waals surface area (Å²) in [6.45, 7) is 0. The van der Waals surface area contributed by atoms with Crippen LogP contribution in [0.5, 0.6) is 5.75 Å². The maximum absolute atomic E-state index is 12.5. The smallest absolute Gasteiger partial charge is 0.343 e. The summed E-state index contributed by atoms with van der Waals surface area (Å²) in [4.78, 5) is 12.3. The molecule has 2 aromatic carbocycles. The third-order valence-corrected chi connectivity index (χ3v) is 6.40. The third kappa shape index (κ3) is 4.44. The average molecular weight is 485 g/mol. The second-order valence-corrected chi connectivity index (χ2v) is 8.87. The minimum Gasteiger partial charge on any atom is -0.744 e. The lowest BCUT2D eigenvalue weighted by atomic mass is 9.83. The molecule has 26 heavy (non-hydrogen) atoms. The molecule has 1 saturated carbocycles. The highest BCUT2D eigenvalue weighted by Gasteiger charge is 2.23. The first-order valence-electron chi connectivity index (χ1n) is 8.43. The van der Waals surface area contributed by atoms with Crippen LogP contribution in [0.1, 0.15) is 53.9 Å². The molecule has 0 N–H and O–H groups in total. The van der Waals surface area contributed by atoms with Crippen molar-refractivity contribution in [2.75, 3.05) is 0 Å². The van der Waals surface area contributed by atoms with Crippen LogP contribution < -0.4 is 4.74 Å². The van der Waals surface area contributed by atoms with E-state index in [2.05, 4.69) is 22.6 Å². The summed E-state index contributed by atoms with van der Waals surface area (Å²) < 4.78 is 41.1. The molecule has 1 fully saturated rings. The van der Waals surface area contributed by atoms with Gasteiger partial charge in [-0.15, -0.1) is 0 Å². The zero-order valence-electron chi connectivity index (χ0n) is 14.0. The Bertz CT molecular complexity index is 917. The molecule has 138 valence electrons. The van der Waals surface area contributed by atoms with Crippen LogP contribution in [0.4, 0.5) is 0 Å². The van der Waals surface area contributed by atoms with E-state index in [1.807, 2.05) is 12.1 Å². The Kier molecular flexibility index (Phi) is 5.99. The van der Waals surface area contributed by atoms with Crippen molar-refractivity contribution >= 4 is 38.7 Å². The largest absolute Gasteiger partial charge is 0.744 e. The minimum absolute atomic E-state index is 0.0212. The van der Waals surface area contributed by atoms with Gasteiger partial charge in [0.2, 0.25) is 0 Å². The van der Waals surface area contributed by atoms with E-state index < -0.39 is 16.1 Å². The summed E-state index contributed by atoms with van der Waals surface area (Å²) in [6, 6.07) is 11.2. The Morgan fingerprint density at radius 3 is 2.42 bits per heavy atom. The molecular weight excluding hydrogens is 467 g/mol. The second-order valence-electron chi connectivity index (χ2n) is 6.36. The highest BCUT2D eigenvalue weighted by Crippen LogP contribution is 2.36. The van der Waals surface area contributed by atoms with Gasteiger partial charge in [0.1, 0.15) is 15.9 Å². The maximum atomic E-state index is 12.5. The molecule has 3 rings (SSSR count). The Hall–Kier alpha value is -1.45. The van der Waals surface area contributed by atoms with Crippen LogP contribution in [0.15, 0.2) is 47.4 Å². The zero-order chi connectivity index (χ0) is 18.7. The molecule has 0 bridgehead atoms. The van der Waals surface area contributed by atoms with Gasteiger partial charge in [0.15, 0.2) is 0 Å². The number of ether oxygens (including phenoxy) is 1. The number of benzene rings is 2. The van der Waals surface area contributed by atoms with E-state index in [1.165, 1.54) is 18.2 Å². The number of hydrogen-bond acceptors (Lipinski definition) is 5. The lowest BCUT2D eigenvalue weighted by molar-refractivity contribution is 0.0733. The van der Waals surface area contributed by atoms with E-state index in [1.54, 1.807) is 12.1 Å². The highest BCUT2D eigenvalue weighted by molar-refractivity contribution is 14.1. The van der Waals surface area contributed by atoms with E-state index in [0.717, 1.165) is 35.7 Å². The molecule has 0 saturated heterocycles. The van der Waals surface area contributed by atoms with Gasteiger partial charge in [-0.1, -0.05) is 31.4 Å². The third-order valence-electron chi connectivity index (χ3n) is 4.60. The molecule has 5 nitrogen and oxygen atoms in total. The number of halogens is 1. The number of rotatable bonds is 4. The summed E-state index contributed by atoms with van der Waals surface area (Å²) in [5.41, 5.74) is 0.689. The average Bonchev–Trinajstić information content (AvgIpc) is 2.63. The first kappa shape index (κ1) is 19.3. The van der Waals surface area contributed by atoms with Crippen LogP contribution in [0.3, 0.4) is 0 Å². The number of hydrogen-bond donors (Lipinski definition) is 0. The minimum atomic E-state index is -4.59. The molecule has 2 aromatic rings. The van der Waals surface area contributed by atoms with Gasteiger partial charge in [-0.3, -0.25) is 0 Å². The number of para-hydroxylation sites is 1. The normalized spacial score (nSPS) is 15.6. The van der Waals surface area contributed by atoms with Crippen molar-refractivity contribution in [1.82, 2.24) is 0 Å². The predicted octanol–water partition coefficient (Wildman–Crippen LogP) is 4.46. The fourth-order valence-corrected chi connectivity index (χ4v) is 4.57. The SMILES string of the molecule is O=C(Oc1ccccc1I)c1ccc(S(=O)(=O)[O-])c(C2CCCCC2)c1. The Labute approximate surface area is 166 Å². The number of esters is 1. The predicted molar refractivity (Wildman–Crippen MR) is 104 cm³/mol. The Balaban J connectivity index is 1.95. The molecule has 1 aliphatic carbocycles. The van der Waals surface area contributed by atoms with Crippen LogP contribution in [-0.4, -0.2) is 18.9 Å². The summed E-state index contributed by atoms with van der Waals surface area (Å²) in [5.74, 6) is -0.147. The molecule has 0 heterocycles. The van der Waals surface area contributed by atoms with Crippen LogP contribution in [0.25, 0.3) is 0 Å². The summed E-state index contributed by atoms with van der Waals surface area (Å²) >= 11 is 2.07. The first-order chi connectivity index (χ1) is 12.4. The van der Waals surface area contributed by atoms with E-state index in [9.17, 15) is 17.8 Å². The Morgan fingerprint density at radius 1 is 1.08 bits per heavy atom. The van der Waals surface area contributed by atoms with Crippen LogP contribution in [0, 0.1) is 3.57 Å². The molecule has 0 unspecified atom stereocenters. The van der Waals surface area contributed by atoms with Crippen LogP contribution >= 0.6 is 22.6 Å². The van der Waals surface area contributed by atoms with E-state index in [0.29, 0.717) is 11.3 Å². The molecular formula is C19H18IO5S-. The summed E-state index contributed by atoms with van der Waals surface area (Å²) in [6.07, 6.45) is 4.71. The van der Waals surface area contributed by atoms with Gasteiger partial charge in [0, 0.05) is 0 Å². The standard InChI is InChI=1S/C19H19IO5S/c20-16-8-4-5-9-17(16)25-19(21)14-10-11-18(26(22,23)24)15(12-14)13-6-2-1-3-7-13/h4-5,8-13H,1-3,6-7H2,(H,22,23,24)/p-1. The highest BCUT2D eigenvalue weighted by atomic mass is 127. The van der Waals surface area contributed by atoms with E-state index >= 15 is 0 Å². The fourth-order valence-electron chi connectivity index (χ4n) is 3.32. The van der Waals surface area contributed by atoms with Crippen LogP contribution in [-0.2, 0) is 10.1 Å². The lowest BCUT2D eigenvalue weighted by Crippen LogP contribution is -2.14. The van der Waals surface area contributed by atoms with Gasteiger partial charge in [-0.2, -0.15) is 0 Å². The Morgan fingerprint density at radius 2 is 1.77 bits per heavy atom. The monoisotopic (exact) mass is 485 g/mol. The molecule has 0 radical (unpaired) electrons. The zero-order valence-corrected chi connectivity index (χ0v) is 17.0. The molecule has 7 heteroatoms. The fraction of sp³-hybridized carbons (Fsp3) is 0.316. The van der Waals surface area contributed by atoms with Crippen molar-refractivity contribution in [3.63, 3.8) is 0 Å². The summed E-state index contributed by atoms with van der Waals surface area (Å²) in [7, 11) is -4.59. The van der Waals surface area contributed by atoms with Crippen molar-refractivity contribution in [2.24, 2.45) is 0 Å². The maximum Gasteiger partial charge on any atom is 0.343 e. The van der Waals surface area contributed by atoms with Crippen molar-refractivity contribution < 1.29 is 22.5 Å². The quantitative estimate of drug-likeness (QED) is 0.276. The van der Waals surface area contributed by atoms with Crippen molar-refractivity contribution in [1.29, 1.82) is 0 Å². The van der Waals surface area contributed by atoms with Gasteiger partial charge in [0.25, 0.3) is 0 Å². The van der Waals surface area contributed by atoms with Gasteiger partial charge >= 0.3 is 5.97 Å². The van der Waals surface area contributed by atoms with Crippen molar-refractivity contribution in [3.8, 4) is 5.75 Å². The molecule has 1 aliphatic rings. The number of carbonyl (C=O) groups is 1. The molecule has 0 amide bonds.